The molecule has 0 saturated heterocycles. The summed E-state index contributed by atoms with van der Waals surface area (Å²) >= 11 is 0. The lowest BCUT2D eigenvalue weighted by atomic mass is 10.1. The van der Waals surface area contributed by atoms with E-state index in [2.05, 4.69) is 15.2 Å². The molecule has 0 radical (unpaired) electrons. The van der Waals surface area contributed by atoms with Crippen LogP contribution in [-0.4, -0.2) is 26.3 Å². The molecule has 0 aliphatic carbocycles. The molecule has 1 N–H and O–H groups in total. The topological polar surface area (TPSA) is 76.0 Å². The van der Waals surface area contributed by atoms with Crippen LogP contribution in [0.1, 0.15) is 10.4 Å². The summed E-state index contributed by atoms with van der Waals surface area (Å²) in [7, 11) is 0. The predicted octanol–water partition coefficient (Wildman–Crippen LogP) is 1.24. The normalized spacial score (nSPS) is 9.87. The number of hydrogen-bond donors (Lipinski definition) is 1. The molecule has 0 aliphatic rings. The highest BCUT2D eigenvalue weighted by atomic mass is 16.4. The first kappa shape index (κ1) is 9.26. The second-order valence-electron chi connectivity index (χ2n) is 2.88. The molecule has 5 heteroatoms. The zero-order chi connectivity index (χ0) is 10.7. The molecule has 2 rings (SSSR count). The van der Waals surface area contributed by atoms with Gasteiger partial charge in [0.05, 0.1) is 17.5 Å². The van der Waals surface area contributed by atoms with E-state index in [4.69, 9.17) is 5.11 Å². The molecule has 0 unspecified atom stereocenters. The second kappa shape index (κ2) is 3.83. The highest BCUT2D eigenvalue weighted by Gasteiger charge is 2.06. The Bertz CT molecular complexity index is 485. The summed E-state index contributed by atoms with van der Waals surface area (Å²) in [6.45, 7) is 0. The Morgan fingerprint density at radius 3 is 2.87 bits per heavy atom. The van der Waals surface area contributed by atoms with Gasteiger partial charge in [0, 0.05) is 18.0 Å². The zero-order valence-electron chi connectivity index (χ0n) is 7.66. The Morgan fingerprint density at radius 1 is 1.33 bits per heavy atom. The predicted molar refractivity (Wildman–Crippen MR) is 52.2 cm³/mol. The largest absolute Gasteiger partial charge is 0.478 e. The van der Waals surface area contributed by atoms with Gasteiger partial charge < -0.3 is 5.11 Å². The molecule has 2 heterocycles. The Labute approximate surface area is 85.4 Å². The van der Waals surface area contributed by atoms with Gasteiger partial charge >= 0.3 is 5.97 Å². The van der Waals surface area contributed by atoms with E-state index in [9.17, 15) is 4.79 Å². The molecule has 0 atom stereocenters. The van der Waals surface area contributed by atoms with Crippen LogP contribution < -0.4 is 0 Å². The minimum Gasteiger partial charge on any atom is -0.478 e. The van der Waals surface area contributed by atoms with E-state index in [0.29, 0.717) is 5.69 Å². The van der Waals surface area contributed by atoms with Crippen molar-refractivity contribution in [3.8, 4) is 11.3 Å². The molecule has 0 spiro atoms. The van der Waals surface area contributed by atoms with Gasteiger partial charge in [-0.15, -0.1) is 0 Å². The molecule has 2 aromatic rings. The van der Waals surface area contributed by atoms with Crippen LogP contribution >= 0.6 is 0 Å². The summed E-state index contributed by atoms with van der Waals surface area (Å²) in [4.78, 5) is 14.6. The maximum atomic E-state index is 10.7. The first-order valence-corrected chi connectivity index (χ1v) is 4.24. The molecule has 5 nitrogen and oxygen atoms in total. The van der Waals surface area contributed by atoms with Crippen molar-refractivity contribution < 1.29 is 9.90 Å². The fraction of sp³-hybridized carbons (Fsp3) is 0. The zero-order valence-corrected chi connectivity index (χ0v) is 7.66. The molecule has 15 heavy (non-hydrogen) atoms. The van der Waals surface area contributed by atoms with Crippen molar-refractivity contribution in [3.05, 3.63) is 42.4 Å². The number of pyridine rings is 1. The summed E-state index contributed by atoms with van der Waals surface area (Å²) in [5.74, 6) is -1.02. The highest BCUT2D eigenvalue weighted by Crippen LogP contribution is 2.14. The average Bonchev–Trinajstić information content (AvgIpc) is 2.30. The molecular weight excluding hydrogens is 194 g/mol. The van der Waals surface area contributed by atoms with E-state index in [0.717, 1.165) is 5.56 Å². The average molecular weight is 201 g/mol. The number of carboxylic acid groups (broad SMARTS) is 1. The molecule has 0 saturated carbocycles. The van der Waals surface area contributed by atoms with Crippen LogP contribution in [-0.2, 0) is 0 Å². The fourth-order valence-corrected chi connectivity index (χ4v) is 1.14. The van der Waals surface area contributed by atoms with Crippen LogP contribution in [0.3, 0.4) is 0 Å². The smallest absolute Gasteiger partial charge is 0.337 e. The first-order valence-electron chi connectivity index (χ1n) is 4.24. The van der Waals surface area contributed by atoms with Crippen molar-refractivity contribution in [1.29, 1.82) is 0 Å². The third kappa shape index (κ3) is 1.96. The maximum absolute atomic E-state index is 10.7. The van der Waals surface area contributed by atoms with Gasteiger partial charge in [0.15, 0.2) is 0 Å². The number of aromatic nitrogens is 3. The van der Waals surface area contributed by atoms with Crippen molar-refractivity contribution >= 4 is 5.97 Å². The standard InChI is InChI=1S/C10H7N3O2/c14-10(15)8-4-9(13-12-6-8)7-2-1-3-11-5-7/h1-6H,(H,14,15). The monoisotopic (exact) mass is 201 g/mol. The lowest BCUT2D eigenvalue weighted by Crippen LogP contribution is -1.99. The van der Waals surface area contributed by atoms with Crippen molar-refractivity contribution in [2.45, 2.75) is 0 Å². The van der Waals surface area contributed by atoms with Crippen LogP contribution in [0.4, 0.5) is 0 Å². The Kier molecular flexibility index (Phi) is 2.37. The van der Waals surface area contributed by atoms with Crippen molar-refractivity contribution in [3.63, 3.8) is 0 Å². The SMILES string of the molecule is O=C(O)c1cnnc(-c2cccnc2)c1. The second-order valence-corrected chi connectivity index (χ2v) is 2.88. The van der Waals surface area contributed by atoms with Crippen LogP contribution in [0, 0.1) is 0 Å². The third-order valence-corrected chi connectivity index (χ3v) is 1.86. The van der Waals surface area contributed by atoms with E-state index in [-0.39, 0.29) is 5.56 Å². The van der Waals surface area contributed by atoms with Gasteiger partial charge in [0.25, 0.3) is 0 Å². The Balaban J connectivity index is 2.46. The third-order valence-electron chi connectivity index (χ3n) is 1.86. The number of carbonyl (C=O) groups is 1. The van der Waals surface area contributed by atoms with Crippen LogP contribution in [0.5, 0.6) is 0 Å². The molecule has 0 amide bonds. The minimum absolute atomic E-state index is 0.115. The van der Waals surface area contributed by atoms with E-state index in [1.807, 2.05) is 0 Å². The molecule has 0 aromatic carbocycles. The van der Waals surface area contributed by atoms with Gasteiger partial charge in [-0.2, -0.15) is 10.2 Å². The number of carboxylic acids is 1. The van der Waals surface area contributed by atoms with E-state index >= 15 is 0 Å². The maximum Gasteiger partial charge on any atom is 0.337 e. The molecule has 0 bridgehead atoms. The van der Waals surface area contributed by atoms with Crippen molar-refractivity contribution in [2.24, 2.45) is 0 Å². The fourth-order valence-electron chi connectivity index (χ4n) is 1.14. The summed E-state index contributed by atoms with van der Waals surface area (Å²) in [5.41, 5.74) is 1.36. The van der Waals surface area contributed by atoms with Crippen LogP contribution in [0.15, 0.2) is 36.8 Å². The van der Waals surface area contributed by atoms with Crippen LogP contribution in [0.2, 0.25) is 0 Å². The lowest BCUT2D eigenvalue weighted by molar-refractivity contribution is 0.0696. The van der Waals surface area contributed by atoms with Gasteiger partial charge in [0.1, 0.15) is 0 Å². The molecule has 74 valence electrons. The van der Waals surface area contributed by atoms with E-state index in [1.54, 1.807) is 24.5 Å². The van der Waals surface area contributed by atoms with E-state index in [1.165, 1.54) is 12.3 Å². The van der Waals surface area contributed by atoms with Gasteiger partial charge in [-0.3, -0.25) is 4.98 Å². The quantitative estimate of drug-likeness (QED) is 0.790. The lowest BCUT2D eigenvalue weighted by Gasteiger charge is -1.99. The Morgan fingerprint density at radius 2 is 2.20 bits per heavy atom. The molecule has 0 fully saturated rings. The number of rotatable bonds is 2. The molecule has 0 aliphatic heterocycles. The van der Waals surface area contributed by atoms with Gasteiger partial charge in [-0.1, -0.05) is 0 Å². The van der Waals surface area contributed by atoms with Crippen molar-refractivity contribution in [1.82, 2.24) is 15.2 Å². The van der Waals surface area contributed by atoms with Gasteiger partial charge in [-0.25, -0.2) is 4.79 Å². The Hall–Kier alpha value is -2.30. The van der Waals surface area contributed by atoms with Crippen molar-refractivity contribution in [2.75, 3.05) is 0 Å². The van der Waals surface area contributed by atoms with Gasteiger partial charge in [0.2, 0.25) is 0 Å². The summed E-state index contributed by atoms with van der Waals surface area (Å²) in [6.07, 6.45) is 4.45. The highest BCUT2D eigenvalue weighted by molar-refractivity contribution is 5.88. The number of aromatic carboxylic acids is 1. The minimum atomic E-state index is -1.02. The summed E-state index contributed by atoms with van der Waals surface area (Å²) in [5, 5.41) is 16.2. The van der Waals surface area contributed by atoms with Gasteiger partial charge in [-0.05, 0) is 18.2 Å². The number of nitrogens with zero attached hydrogens (tertiary/aromatic N) is 3. The number of hydrogen-bond acceptors (Lipinski definition) is 4. The first-order chi connectivity index (χ1) is 7.27. The summed E-state index contributed by atoms with van der Waals surface area (Å²) < 4.78 is 0. The van der Waals surface area contributed by atoms with Crippen LogP contribution in [0.25, 0.3) is 11.3 Å². The summed E-state index contributed by atoms with van der Waals surface area (Å²) in [6, 6.07) is 5.01. The molecule has 2 aromatic heterocycles. The van der Waals surface area contributed by atoms with E-state index < -0.39 is 5.97 Å². The molecular formula is C10H7N3O2.